The molecule has 0 saturated heterocycles. The molecule has 3 aromatic carbocycles. The Labute approximate surface area is 157 Å². The second-order valence-electron chi connectivity index (χ2n) is 6.07. The molecule has 0 unspecified atom stereocenters. The van der Waals surface area contributed by atoms with Gasteiger partial charge in [-0.1, -0.05) is 48.5 Å². The molecular weight excluding hydrogens is 334 g/mol. The predicted octanol–water partition coefficient (Wildman–Crippen LogP) is 4.99. The lowest BCUT2D eigenvalue weighted by Crippen LogP contribution is -1.96. The molecule has 4 aromatic rings. The van der Waals surface area contributed by atoms with Gasteiger partial charge < -0.3 is 4.74 Å². The van der Waals surface area contributed by atoms with Gasteiger partial charge >= 0.3 is 0 Å². The van der Waals surface area contributed by atoms with E-state index in [0.717, 1.165) is 28.3 Å². The van der Waals surface area contributed by atoms with Crippen molar-refractivity contribution in [2.45, 2.75) is 6.61 Å². The molecule has 0 bridgehead atoms. The summed E-state index contributed by atoms with van der Waals surface area (Å²) in [5, 5.41) is 13.7. The van der Waals surface area contributed by atoms with Crippen LogP contribution in [0.2, 0.25) is 0 Å². The Morgan fingerprint density at radius 1 is 0.852 bits per heavy atom. The fourth-order valence-electron chi connectivity index (χ4n) is 2.85. The first-order chi connectivity index (χ1) is 13.3. The van der Waals surface area contributed by atoms with E-state index in [-0.39, 0.29) is 0 Å². The van der Waals surface area contributed by atoms with Gasteiger partial charge in [-0.3, -0.25) is 0 Å². The SMILES string of the molecule is N#Cc1ccc(OCc2cn(-c3ccccc3)nc2-c2ccccc2)cc1. The van der Waals surface area contributed by atoms with Crippen molar-refractivity contribution in [3.63, 3.8) is 0 Å². The Bertz CT molecular complexity index is 1060. The molecule has 27 heavy (non-hydrogen) atoms. The average molecular weight is 351 g/mol. The highest BCUT2D eigenvalue weighted by molar-refractivity contribution is 5.63. The van der Waals surface area contributed by atoms with E-state index in [2.05, 4.69) is 6.07 Å². The van der Waals surface area contributed by atoms with E-state index in [1.807, 2.05) is 83.7 Å². The van der Waals surface area contributed by atoms with Gasteiger partial charge in [0, 0.05) is 17.3 Å². The van der Waals surface area contributed by atoms with E-state index >= 15 is 0 Å². The summed E-state index contributed by atoms with van der Waals surface area (Å²) in [4.78, 5) is 0. The fourth-order valence-corrected chi connectivity index (χ4v) is 2.85. The van der Waals surface area contributed by atoms with Crippen molar-refractivity contribution in [1.82, 2.24) is 9.78 Å². The van der Waals surface area contributed by atoms with Crippen LogP contribution in [-0.4, -0.2) is 9.78 Å². The standard InChI is InChI=1S/C23H17N3O/c24-15-18-11-13-22(14-12-18)27-17-20-16-26(21-9-5-2-6-10-21)25-23(20)19-7-3-1-4-8-19/h1-14,16H,17H2. The minimum absolute atomic E-state index is 0.392. The maximum atomic E-state index is 8.91. The summed E-state index contributed by atoms with van der Waals surface area (Å²) in [6.45, 7) is 0.392. The highest BCUT2D eigenvalue weighted by Crippen LogP contribution is 2.25. The number of benzene rings is 3. The van der Waals surface area contributed by atoms with Gasteiger partial charge in [0.15, 0.2) is 0 Å². The van der Waals surface area contributed by atoms with E-state index in [1.165, 1.54) is 0 Å². The quantitative estimate of drug-likeness (QED) is 0.509. The van der Waals surface area contributed by atoms with Crippen molar-refractivity contribution in [2.24, 2.45) is 0 Å². The summed E-state index contributed by atoms with van der Waals surface area (Å²) in [6.07, 6.45) is 2.00. The third-order valence-electron chi connectivity index (χ3n) is 4.24. The van der Waals surface area contributed by atoms with Gasteiger partial charge in [0.1, 0.15) is 12.4 Å². The highest BCUT2D eigenvalue weighted by Gasteiger charge is 2.13. The number of hydrogen-bond acceptors (Lipinski definition) is 3. The first-order valence-electron chi connectivity index (χ1n) is 8.66. The van der Waals surface area contributed by atoms with Crippen LogP contribution in [0.4, 0.5) is 0 Å². The lowest BCUT2D eigenvalue weighted by Gasteiger charge is -2.06. The Morgan fingerprint density at radius 3 is 2.19 bits per heavy atom. The molecule has 1 aromatic heterocycles. The smallest absolute Gasteiger partial charge is 0.119 e. The molecular formula is C23H17N3O. The van der Waals surface area contributed by atoms with Crippen LogP contribution >= 0.6 is 0 Å². The predicted molar refractivity (Wildman–Crippen MR) is 104 cm³/mol. The zero-order chi connectivity index (χ0) is 18.5. The fraction of sp³-hybridized carbons (Fsp3) is 0.0435. The number of nitriles is 1. The summed E-state index contributed by atoms with van der Waals surface area (Å²) >= 11 is 0. The van der Waals surface area contributed by atoms with Crippen LogP contribution < -0.4 is 4.74 Å². The minimum Gasteiger partial charge on any atom is -0.489 e. The second-order valence-corrected chi connectivity index (χ2v) is 6.07. The lowest BCUT2D eigenvalue weighted by molar-refractivity contribution is 0.306. The van der Waals surface area contributed by atoms with Gasteiger partial charge in [-0.2, -0.15) is 10.4 Å². The number of ether oxygens (including phenoxy) is 1. The largest absolute Gasteiger partial charge is 0.489 e. The summed E-state index contributed by atoms with van der Waals surface area (Å²) in [6, 6.07) is 29.3. The number of para-hydroxylation sites is 1. The van der Waals surface area contributed by atoms with Crippen molar-refractivity contribution >= 4 is 0 Å². The summed E-state index contributed by atoms with van der Waals surface area (Å²) in [5.74, 6) is 0.723. The molecule has 0 aliphatic carbocycles. The molecule has 4 rings (SSSR count). The average Bonchev–Trinajstić information content (AvgIpc) is 3.18. The number of rotatable bonds is 5. The zero-order valence-electron chi connectivity index (χ0n) is 14.6. The molecule has 0 radical (unpaired) electrons. The van der Waals surface area contributed by atoms with Crippen LogP contribution in [0.1, 0.15) is 11.1 Å². The Morgan fingerprint density at radius 2 is 1.52 bits per heavy atom. The molecule has 0 amide bonds. The molecule has 0 aliphatic heterocycles. The second kappa shape index (κ2) is 7.59. The van der Waals surface area contributed by atoms with Gasteiger partial charge in [-0.15, -0.1) is 0 Å². The lowest BCUT2D eigenvalue weighted by atomic mass is 10.1. The number of nitrogens with zero attached hydrogens (tertiary/aromatic N) is 3. The molecule has 4 heteroatoms. The first-order valence-corrected chi connectivity index (χ1v) is 8.66. The van der Waals surface area contributed by atoms with Crippen LogP contribution in [0, 0.1) is 11.3 Å². The monoisotopic (exact) mass is 351 g/mol. The van der Waals surface area contributed by atoms with Crippen molar-refractivity contribution in [3.05, 3.63) is 102 Å². The molecule has 4 nitrogen and oxygen atoms in total. The maximum Gasteiger partial charge on any atom is 0.119 e. The van der Waals surface area contributed by atoms with Crippen LogP contribution in [-0.2, 0) is 6.61 Å². The van der Waals surface area contributed by atoms with Crippen LogP contribution in [0.25, 0.3) is 16.9 Å². The molecule has 0 aliphatic rings. The van der Waals surface area contributed by atoms with Crippen LogP contribution in [0.15, 0.2) is 91.1 Å². The topological polar surface area (TPSA) is 50.8 Å². The molecule has 1 heterocycles. The van der Waals surface area contributed by atoms with Gasteiger partial charge in [-0.25, -0.2) is 4.68 Å². The summed E-state index contributed by atoms with van der Waals surface area (Å²) < 4.78 is 7.81. The highest BCUT2D eigenvalue weighted by atomic mass is 16.5. The molecule has 0 fully saturated rings. The van der Waals surface area contributed by atoms with Gasteiger partial charge in [-0.05, 0) is 36.4 Å². The summed E-state index contributed by atoms with van der Waals surface area (Å²) in [5.41, 5.74) is 4.55. The third-order valence-corrected chi connectivity index (χ3v) is 4.24. The molecule has 0 N–H and O–H groups in total. The van der Waals surface area contributed by atoms with Gasteiger partial charge in [0.25, 0.3) is 0 Å². The van der Waals surface area contributed by atoms with Crippen molar-refractivity contribution in [3.8, 4) is 28.8 Å². The zero-order valence-corrected chi connectivity index (χ0v) is 14.6. The van der Waals surface area contributed by atoms with Crippen molar-refractivity contribution in [1.29, 1.82) is 5.26 Å². The Kier molecular flexibility index (Phi) is 4.67. The van der Waals surface area contributed by atoms with E-state index < -0.39 is 0 Å². The van der Waals surface area contributed by atoms with Gasteiger partial charge in [0.2, 0.25) is 0 Å². The van der Waals surface area contributed by atoms with Crippen molar-refractivity contribution < 1.29 is 4.74 Å². The van der Waals surface area contributed by atoms with Crippen LogP contribution in [0.5, 0.6) is 5.75 Å². The van der Waals surface area contributed by atoms with E-state index in [0.29, 0.717) is 12.2 Å². The van der Waals surface area contributed by atoms with E-state index in [9.17, 15) is 0 Å². The number of hydrogen-bond donors (Lipinski definition) is 0. The molecule has 0 spiro atoms. The van der Waals surface area contributed by atoms with E-state index in [4.69, 9.17) is 15.1 Å². The maximum absolute atomic E-state index is 8.91. The summed E-state index contributed by atoms with van der Waals surface area (Å²) in [7, 11) is 0. The van der Waals surface area contributed by atoms with E-state index in [1.54, 1.807) is 12.1 Å². The van der Waals surface area contributed by atoms with Crippen molar-refractivity contribution in [2.75, 3.05) is 0 Å². The normalized spacial score (nSPS) is 10.3. The third kappa shape index (κ3) is 3.73. The first kappa shape index (κ1) is 16.6. The molecule has 0 atom stereocenters. The van der Waals surface area contributed by atoms with Gasteiger partial charge in [0.05, 0.1) is 23.0 Å². The number of aromatic nitrogens is 2. The Balaban J connectivity index is 1.65. The minimum atomic E-state index is 0.392. The molecule has 130 valence electrons. The van der Waals surface area contributed by atoms with Crippen LogP contribution in [0.3, 0.4) is 0 Å². The Hall–Kier alpha value is -3.84. The molecule has 0 saturated carbocycles.